The Morgan fingerprint density at radius 2 is 1.47 bits per heavy atom. The predicted octanol–water partition coefficient (Wildman–Crippen LogP) is 6.93. The Kier molecular flexibility index (Phi) is 6.64. The van der Waals surface area contributed by atoms with Crippen molar-refractivity contribution in [1.82, 2.24) is 9.88 Å². The minimum absolute atomic E-state index is 0.0537. The van der Waals surface area contributed by atoms with Crippen LogP contribution in [0.4, 0.5) is 10.8 Å². The molecule has 1 N–H and O–H groups in total. The molecule has 0 bridgehead atoms. The first-order valence-electron chi connectivity index (χ1n) is 11.3. The number of carbonyl (C=O) groups excluding carboxylic acids is 1. The van der Waals surface area contributed by atoms with Crippen molar-refractivity contribution >= 4 is 38.8 Å². The molecule has 0 aliphatic heterocycles. The lowest BCUT2D eigenvalue weighted by atomic mass is 10.1. The largest absolute Gasteiger partial charge is 0.333 e. The lowest BCUT2D eigenvalue weighted by molar-refractivity contribution is 0.0740. The summed E-state index contributed by atoms with van der Waals surface area (Å²) in [5.41, 5.74) is 3.77. The van der Waals surface area contributed by atoms with Crippen molar-refractivity contribution in [2.45, 2.75) is 13.0 Å². The van der Waals surface area contributed by atoms with Crippen LogP contribution >= 0.6 is 11.3 Å². The first-order valence-corrected chi connectivity index (χ1v) is 12.2. The van der Waals surface area contributed by atoms with Gasteiger partial charge in [-0.2, -0.15) is 0 Å². The van der Waals surface area contributed by atoms with Crippen LogP contribution in [0.1, 0.15) is 21.6 Å². The normalized spacial score (nSPS) is 10.8. The Morgan fingerprint density at radius 1 is 0.794 bits per heavy atom. The summed E-state index contributed by atoms with van der Waals surface area (Å²) in [4.78, 5) is 20.0. The first kappa shape index (κ1) is 21.9. The number of hydrogen-bond donors (Lipinski definition) is 1. The Bertz CT molecular complexity index is 1380. The van der Waals surface area contributed by atoms with E-state index in [2.05, 4.69) is 52.8 Å². The molecule has 0 unspecified atom stereocenters. The molecule has 34 heavy (non-hydrogen) atoms. The van der Waals surface area contributed by atoms with Crippen molar-refractivity contribution in [3.05, 3.63) is 125 Å². The van der Waals surface area contributed by atoms with Crippen LogP contribution in [-0.2, 0) is 13.0 Å². The van der Waals surface area contributed by atoms with Gasteiger partial charge in [0.25, 0.3) is 5.91 Å². The fraction of sp³-hybridized carbons (Fsp3) is 0.103. The van der Waals surface area contributed by atoms with Gasteiger partial charge in [-0.1, -0.05) is 97.1 Å². The Hall–Kier alpha value is -3.96. The summed E-state index contributed by atoms with van der Waals surface area (Å²) >= 11 is 1.45. The van der Waals surface area contributed by atoms with Gasteiger partial charge in [0.05, 0.1) is 0 Å². The molecule has 0 fully saturated rings. The number of nitrogens with one attached hydrogen (secondary N) is 1. The van der Waals surface area contributed by atoms with Crippen molar-refractivity contribution in [3.8, 4) is 0 Å². The van der Waals surface area contributed by atoms with Gasteiger partial charge in [-0.05, 0) is 29.0 Å². The zero-order chi connectivity index (χ0) is 23.2. The molecule has 4 nitrogen and oxygen atoms in total. The van der Waals surface area contributed by atoms with Gasteiger partial charge in [-0.25, -0.2) is 4.98 Å². The van der Waals surface area contributed by atoms with E-state index in [9.17, 15) is 4.79 Å². The zero-order valence-electron chi connectivity index (χ0n) is 18.7. The molecule has 5 rings (SSSR count). The van der Waals surface area contributed by atoms with Crippen LogP contribution in [0, 0.1) is 0 Å². The topological polar surface area (TPSA) is 45.2 Å². The molecule has 4 aromatic carbocycles. The summed E-state index contributed by atoms with van der Waals surface area (Å²) in [6.07, 6.45) is 0.796. The van der Waals surface area contributed by atoms with Crippen LogP contribution in [0.15, 0.2) is 109 Å². The average Bonchev–Trinajstić information content (AvgIpc) is 3.36. The second-order valence-electron chi connectivity index (χ2n) is 8.14. The third-order valence-corrected chi connectivity index (χ3v) is 6.53. The van der Waals surface area contributed by atoms with Crippen LogP contribution in [0.2, 0.25) is 0 Å². The standard InChI is InChI=1S/C29H25N3OS/c33-28(32(20-23-12-5-2-6-13-23)19-18-22-10-3-1-4-11-22)27-21-34-29(31-27)30-26-17-9-15-24-14-7-8-16-25(24)26/h1-17,21H,18-20H2,(H,30,31). The molecule has 0 saturated heterocycles. The number of anilines is 2. The maximum absolute atomic E-state index is 13.5. The third kappa shape index (κ3) is 5.16. The number of hydrogen-bond acceptors (Lipinski definition) is 4. The van der Waals surface area contributed by atoms with Gasteiger partial charge >= 0.3 is 0 Å². The number of aromatic nitrogens is 1. The number of benzene rings is 4. The van der Waals surface area contributed by atoms with Gasteiger partial charge in [0.2, 0.25) is 0 Å². The van der Waals surface area contributed by atoms with Crippen molar-refractivity contribution in [3.63, 3.8) is 0 Å². The predicted molar refractivity (Wildman–Crippen MR) is 141 cm³/mol. The number of fused-ring (bicyclic) bond motifs is 1. The van der Waals surface area contributed by atoms with E-state index in [0.29, 0.717) is 23.9 Å². The van der Waals surface area contributed by atoms with Gasteiger partial charge in [-0.15, -0.1) is 11.3 Å². The van der Waals surface area contributed by atoms with E-state index >= 15 is 0 Å². The zero-order valence-corrected chi connectivity index (χ0v) is 19.5. The highest BCUT2D eigenvalue weighted by atomic mass is 32.1. The molecule has 0 aliphatic carbocycles. The summed E-state index contributed by atoms with van der Waals surface area (Å²) in [5.74, 6) is -0.0537. The summed E-state index contributed by atoms with van der Waals surface area (Å²) in [6.45, 7) is 1.18. The molecule has 1 heterocycles. The fourth-order valence-corrected chi connectivity index (χ4v) is 4.70. The van der Waals surface area contributed by atoms with E-state index in [1.165, 1.54) is 16.9 Å². The summed E-state index contributed by atoms with van der Waals surface area (Å²) in [7, 11) is 0. The maximum atomic E-state index is 13.5. The van der Waals surface area contributed by atoms with Gasteiger partial charge in [0.15, 0.2) is 5.13 Å². The molecule has 0 aliphatic rings. The van der Waals surface area contributed by atoms with E-state index in [1.54, 1.807) is 0 Å². The van der Waals surface area contributed by atoms with Crippen molar-refractivity contribution in [2.24, 2.45) is 0 Å². The number of carbonyl (C=O) groups is 1. The molecule has 0 saturated carbocycles. The number of rotatable bonds is 8. The van der Waals surface area contributed by atoms with Gasteiger partial charge < -0.3 is 10.2 Å². The van der Waals surface area contributed by atoms with E-state index < -0.39 is 0 Å². The Morgan fingerprint density at radius 3 is 2.26 bits per heavy atom. The molecule has 1 amide bonds. The number of thiazole rings is 1. The maximum Gasteiger partial charge on any atom is 0.273 e. The highest BCUT2D eigenvalue weighted by Crippen LogP contribution is 2.28. The van der Waals surface area contributed by atoms with Crippen LogP contribution in [0.25, 0.3) is 10.8 Å². The first-order chi connectivity index (χ1) is 16.8. The minimum atomic E-state index is -0.0537. The second kappa shape index (κ2) is 10.3. The van der Waals surface area contributed by atoms with Crippen molar-refractivity contribution in [2.75, 3.05) is 11.9 Å². The molecule has 0 radical (unpaired) electrons. The molecular weight excluding hydrogens is 438 g/mol. The molecule has 5 aromatic rings. The summed E-state index contributed by atoms with van der Waals surface area (Å²) in [5, 5.41) is 8.25. The van der Waals surface area contributed by atoms with Gasteiger partial charge in [0, 0.05) is 29.5 Å². The molecule has 0 atom stereocenters. The number of amides is 1. The summed E-state index contributed by atoms with van der Waals surface area (Å²) in [6, 6.07) is 34.8. The molecule has 1 aromatic heterocycles. The smallest absolute Gasteiger partial charge is 0.273 e. The highest BCUT2D eigenvalue weighted by molar-refractivity contribution is 7.14. The lowest BCUT2D eigenvalue weighted by Gasteiger charge is -2.22. The molecular formula is C29H25N3OS. The minimum Gasteiger partial charge on any atom is -0.333 e. The molecule has 5 heteroatoms. The quantitative estimate of drug-likeness (QED) is 0.271. The van der Waals surface area contributed by atoms with E-state index in [1.807, 2.05) is 70.9 Å². The van der Waals surface area contributed by atoms with Crippen LogP contribution in [-0.4, -0.2) is 22.3 Å². The van der Waals surface area contributed by atoms with Crippen LogP contribution < -0.4 is 5.32 Å². The van der Waals surface area contributed by atoms with Gasteiger partial charge in [-0.3, -0.25) is 4.79 Å². The monoisotopic (exact) mass is 463 g/mol. The van der Waals surface area contributed by atoms with E-state index in [-0.39, 0.29) is 5.91 Å². The number of nitrogens with zero attached hydrogens (tertiary/aromatic N) is 2. The van der Waals surface area contributed by atoms with Crippen LogP contribution in [0.5, 0.6) is 0 Å². The van der Waals surface area contributed by atoms with E-state index in [4.69, 9.17) is 0 Å². The summed E-state index contributed by atoms with van der Waals surface area (Å²) < 4.78 is 0. The fourth-order valence-electron chi connectivity index (χ4n) is 4.01. The third-order valence-electron chi connectivity index (χ3n) is 5.77. The highest BCUT2D eigenvalue weighted by Gasteiger charge is 2.19. The lowest BCUT2D eigenvalue weighted by Crippen LogP contribution is -2.32. The van der Waals surface area contributed by atoms with Gasteiger partial charge in [0.1, 0.15) is 5.69 Å². The second-order valence-corrected chi connectivity index (χ2v) is 9.00. The van der Waals surface area contributed by atoms with Crippen molar-refractivity contribution in [1.29, 1.82) is 0 Å². The van der Waals surface area contributed by atoms with Crippen LogP contribution in [0.3, 0.4) is 0 Å². The molecule has 0 spiro atoms. The van der Waals surface area contributed by atoms with E-state index in [0.717, 1.165) is 28.4 Å². The van der Waals surface area contributed by atoms with Crippen molar-refractivity contribution < 1.29 is 4.79 Å². The SMILES string of the molecule is O=C(c1csc(Nc2cccc3ccccc23)n1)N(CCc1ccccc1)Cc1ccccc1. The Labute approximate surface area is 203 Å². The average molecular weight is 464 g/mol. The molecule has 168 valence electrons. The Balaban J connectivity index is 1.35.